The quantitative estimate of drug-likeness (QED) is 0.590. The van der Waals surface area contributed by atoms with E-state index in [1.165, 1.54) is 35.5 Å². The number of fused-ring (bicyclic) bond motifs is 1. The number of methoxy groups -OCH3 is 1. The van der Waals surface area contributed by atoms with Crippen LogP contribution in [0, 0.1) is 0 Å². The second-order valence-electron chi connectivity index (χ2n) is 10.1. The standard InChI is InChI=1S/C27H34N2O5S/c1-27(2,3)20-10-15-24-23(16-20)29(35(31,32)22-13-11-21(33-4)12-14-22)18-25(34-24)26(30)28-17-19-8-6-5-7-9-19/h8,10-16,25H,5-7,9,17-18H2,1-4H3,(H,28,30)/t25-/m1/s1. The number of benzene rings is 2. The number of anilines is 1. The molecule has 0 fully saturated rings. The Kier molecular flexibility index (Phi) is 7.12. The van der Waals surface area contributed by atoms with Crippen molar-refractivity contribution >= 4 is 21.6 Å². The van der Waals surface area contributed by atoms with Gasteiger partial charge in [0, 0.05) is 6.54 Å². The number of sulfonamides is 1. The lowest BCUT2D eigenvalue weighted by atomic mass is 9.86. The summed E-state index contributed by atoms with van der Waals surface area (Å²) in [5.41, 5.74) is 2.43. The van der Waals surface area contributed by atoms with Crippen molar-refractivity contribution in [3.8, 4) is 11.5 Å². The van der Waals surface area contributed by atoms with Gasteiger partial charge in [0.25, 0.3) is 15.9 Å². The van der Waals surface area contributed by atoms with Crippen molar-refractivity contribution in [2.45, 2.75) is 62.9 Å². The van der Waals surface area contributed by atoms with E-state index in [-0.39, 0.29) is 22.8 Å². The fraction of sp³-hybridized carbons (Fsp3) is 0.444. The average Bonchev–Trinajstić information content (AvgIpc) is 2.86. The van der Waals surface area contributed by atoms with E-state index in [0.29, 0.717) is 23.7 Å². The molecule has 2 aromatic carbocycles. The van der Waals surface area contributed by atoms with Crippen LogP contribution < -0.4 is 19.1 Å². The molecule has 0 saturated carbocycles. The summed E-state index contributed by atoms with van der Waals surface area (Å²) >= 11 is 0. The second kappa shape index (κ2) is 9.93. The van der Waals surface area contributed by atoms with Crippen molar-refractivity contribution in [3.63, 3.8) is 0 Å². The molecule has 4 rings (SSSR count). The maximum atomic E-state index is 13.8. The Morgan fingerprint density at radius 2 is 1.89 bits per heavy atom. The third-order valence-electron chi connectivity index (χ3n) is 6.51. The summed E-state index contributed by atoms with van der Waals surface area (Å²) in [5, 5.41) is 2.95. The molecule has 2 aliphatic rings. The summed E-state index contributed by atoms with van der Waals surface area (Å²) < 4.78 is 40.1. The van der Waals surface area contributed by atoms with Gasteiger partial charge in [0.15, 0.2) is 6.10 Å². The topological polar surface area (TPSA) is 84.9 Å². The fourth-order valence-electron chi connectivity index (χ4n) is 4.34. The van der Waals surface area contributed by atoms with Gasteiger partial charge in [0.2, 0.25) is 0 Å². The van der Waals surface area contributed by atoms with Crippen molar-refractivity contribution in [3.05, 3.63) is 59.7 Å². The summed E-state index contributed by atoms with van der Waals surface area (Å²) in [4.78, 5) is 13.2. The molecule has 2 aromatic rings. The number of amides is 1. The first-order valence-electron chi connectivity index (χ1n) is 12.0. The maximum absolute atomic E-state index is 13.8. The molecule has 8 heteroatoms. The van der Waals surface area contributed by atoms with Crippen LogP contribution in [0.15, 0.2) is 59.0 Å². The molecule has 1 N–H and O–H groups in total. The van der Waals surface area contributed by atoms with E-state index in [1.54, 1.807) is 18.2 Å². The molecule has 0 aromatic heterocycles. The third-order valence-corrected chi connectivity index (χ3v) is 8.30. The smallest absolute Gasteiger partial charge is 0.264 e. The molecule has 188 valence electrons. The van der Waals surface area contributed by atoms with Gasteiger partial charge in [-0.15, -0.1) is 0 Å². The summed E-state index contributed by atoms with van der Waals surface area (Å²) in [6, 6.07) is 11.8. The molecule has 7 nitrogen and oxygen atoms in total. The van der Waals surface area contributed by atoms with Crippen LogP contribution >= 0.6 is 0 Å². The Bertz CT molecular complexity index is 1210. The van der Waals surface area contributed by atoms with E-state index in [4.69, 9.17) is 9.47 Å². The molecule has 35 heavy (non-hydrogen) atoms. The van der Waals surface area contributed by atoms with Crippen molar-refractivity contribution in [1.29, 1.82) is 0 Å². The van der Waals surface area contributed by atoms with E-state index in [2.05, 4.69) is 32.2 Å². The molecule has 0 saturated heterocycles. The SMILES string of the molecule is COc1ccc(S(=O)(=O)N2C[C@H](C(=O)NCC3=CCCCC3)Oc3ccc(C(C)(C)C)cc32)cc1. The zero-order valence-corrected chi connectivity index (χ0v) is 21.7. The average molecular weight is 499 g/mol. The zero-order chi connectivity index (χ0) is 25.2. The molecule has 1 atom stereocenters. The Balaban J connectivity index is 1.67. The molecule has 0 unspecified atom stereocenters. The summed E-state index contributed by atoms with van der Waals surface area (Å²) in [6.45, 7) is 6.55. The molecule has 1 amide bonds. The van der Waals surface area contributed by atoms with Crippen LogP contribution in [-0.2, 0) is 20.2 Å². The summed E-state index contributed by atoms with van der Waals surface area (Å²) in [5.74, 6) is 0.617. The van der Waals surface area contributed by atoms with Crippen LogP contribution in [0.25, 0.3) is 0 Å². The highest BCUT2D eigenvalue weighted by Gasteiger charge is 2.38. The number of nitrogens with one attached hydrogen (secondary N) is 1. The van der Waals surface area contributed by atoms with Crippen molar-refractivity contribution in [1.82, 2.24) is 5.32 Å². The van der Waals surface area contributed by atoms with Gasteiger partial charge in [-0.2, -0.15) is 0 Å². The second-order valence-corrected chi connectivity index (χ2v) is 11.9. The molecule has 1 aliphatic heterocycles. The molecular formula is C27H34N2O5S. The number of carbonyl (C=O) groups is 1. The maximum Gasteiger partial charge on any atom is 0.264 e. The Morgan fingerprint density at radius 3 is 2.51 bits per heavy atom. The van der Waals surface area contributed by atoms with Gasteiger partial charge < -0.3 is 14.8 Å². The third kappa shape index (κ3) is 5.48. The molecule has 0 bridgehead atoms. The number of carbonyl (C=O) groups excluding carboxylic acids is 1. The van der Waals surface area contributed by atoms with Crippen LogP contribution in [0.4, 0.5) is 5.69 Å². The molecule has 0 radical (unpaired) electrons. The largest absolute Gasteiger partial charge is 0.497 e. The molecule has 0 spiro atoms. The monoisotopic (exact) mass is 498 g/mol. The van der Waals surface area contributed by atoms with Crippen LogP contribution in [0.5, 0.6) is 11.5 Å². The first kappa shape index (κ1) is 25.1. The minimum Gasteiger partial charge on any atom is -0.497 e. The Hall–Kier alpha value is -3.00. The van der Waals surface area contributed by atoms with Gasteiger partial charge in [-0.3, -0.25) is 9.10 Å². The predicted octanol–water partition coefficient (Wildman–Crippen LogP) is 4.57. The lowest BCUT2D eigenvalue weighted by Gasteiger charge is -2.36. The number of ether oxygens (including phenoxy) is 2. The Labute approximate surface area is 208 Å². The Morgan fingerprint density at radius 1 is 1.14 bits per heavy atom. The fourth-order valence-corrected chi connectivity index (χ4v) is 5.80. The van der Waals surface area contributed by atoms with Gasteiger partial charge in [-0.05, 0) is 73.1 Å². The predicted molar refractivity (Wildman–Crippen MR) is 137 cm³/mol. The van der Waals surface area contributed by atoms with Gasteiger partial charge >= 0.3 is 0 Å². The zero-order valence-electron chi connectivity index (χ0n) is 20.8. The van der Waals surface area contributed by atoms with Gasteiger partial charge in [-0.1, -0.05) is 38.5 Å². The van der Waals surface area contributed by atoms with Crippen LogP contribution in [-0.4, -0.2) is 40.6 Å². The number of hydrogen-bond donors (Lipinski definition) is 1. The number of allylic oxidation sites excluding steroid dienone is 1. The molecular weight excluding hydrogens is 464 g/mol. The van der Waals surface area contributed by atoms with Gasteiger partial charge in [0.05, 0.1) is 24.2 Å². The number of rotatable bonds is 6. The lowest BCUT2D eigenvalue weighted by molar-refractivity contribution is -0.127. The lowest BCUT2D eigenvalue weighted by Crippen LogP contribution is -2.51. The number of hydrogen-bond acceptors (Lipinski definition) is 5. The normalized spacial score (nSPS) is 18.2. The molecule has 1 aliphatic carbocycles. The van der Waals surface area contributed by atoms with E-state index in [1.807, 2.05) is 12.1 Å². The van der Waals surface area contributed by atoms with E-state index in [9.17, 15) is 13.2 Å². The first-order chi connectivity index (χ1) is 16.6. The van der Waals surface area contributed by atoms with E-state index >= 15 is 0 Å². The van der Waals surface area contributed by atoms with Gasteiger partial charge in [-0.25, -0.2) is 8.42 Å². The summed E-state index contributed by atoms with van der Waals surface area (Å²) in [6.07, 6.45) is 5.52. The van der Waals surface area contributed by atoms with Crippen LogP contribution in [0.3, 0.4) is 0 Å². The molecule has 1 heterocycles. The highest BCUT2D eigenvalue weighted by atomic mass is 32.2. The van der Waals surface area contributed by atoms with Crippen LogP contribution in [0.2, 0.25) is 0 Å². The number of nitrogens with zero attached hydrogens (tertiary/aromatic N) is 1. The van der Waals surface area contributed by atoms with Gasteiger partial charge in [0.1, 0.15) is 11.5 Å². The highest BCUT2D eigenvalue weighted by Crippen LogP contribution is 2.40. The summed E-state index contributed by atoms with van der Waals surface area (Å²) in [7, 11) is -2.43. The van der Waals surface area contributed by atoms with Crippen molar-refractivity contribution in [2.24, 2.45) is 0 Å². The minimum atomic E-state index is -3.96. The first-order valence-corrected chi connectivity index (χ1v) is 13.5. The van der Waals surface area contributed by atoms with Crippen molar-refractivity contribution in [2.75, 3.05) is 24.5 Å². The van der Waals surface area contributed by atoms with E-state index in [0.717, 1.165) is 24.8 Å². The highest BCUT2D eigenvalue weighted by molar-refractivity contribution is 7.92. The van der Waals surface area contributed by atoms with E-state index < -0.39 is 16.1 Å². The minimum absolute atomic E-state index is 0.111. The van der Waals surface area contributed by atoms with Crippen LogP contribution in [0.1, 0.15) is 52.0 Å². The van der Waals surface area contributed by atoms with Crippen molar-refractivity contribution < 1.29 is 22.7 Å².